The van der Waals surface area contributed by atoms with Crippen LogP contribution >= 0.6 is 34.8 Å². The number of esters is 1. The van der Waals surface area contributed by atoms with E-state index in [-0.39, 0.29) is 18.6 Å². The minimum absolute atomic E-state index is 0.217. The molecule has 2 rings (SSSR count). The molecule has 1 aromatic rings. The molecule has 0 aliphatic carbocycles. The van der Waals surface area contributed by atoms with Gasteiger partial charge in [-0.3, -0.25) is 9.69 Å². The molecule has 0 spiro atoms. The van der Waals surface area contributed by atoms with Gasteiger partial charge in [0, 0.05) is 26.2 Å². The molecule has 1 heterocycles. The van der Waals surface area contributed by atoms with E-state index in [2.05, 4.69) is 0 Å². The molecular formula is C19H27Cl3N2O4. The third-order valence-electron chi connectivity index (χ3n) is 4.28. The van der Waals surface area contributed by atoms with Crippen LogP contribution in [-0.2, 0) is 20.8 Å². The van der Waals surface area contributed by atoms with Crippen molar-refractivity contribution in [1.29, 1.82) is 0 Å². The van der Waals surface area contributed by atoms with Gasteiger partial charge in [0.25, 0.3) is 0 Å². The SMILES string of the molecule is CC.COC(=O)[C@@H]1C[C@H](N(C)C(=O)OCC(Cl)(Cl)Cl)CN1Cc1ccccc1. The third kappa shape index (κ3) is 7.66. The van der Waals surface area contributed by atoms with Gasteiger partial charge < -0.3 is 14.4 Å². The van der Waals surface area contributed by atoms with Crippen LogP contribution in [0, 0.1) is 0 Å². The molecule has 1 aliphatic rings. The number of alkyl halides is 3. The summed E-state index contributed by atoms with van der Waals surface area (Å²) in [4.78, 5) is 27.8. The first-order chi connectivity index (χ1) is 13.2. The van der Waals surface area contributed by atoms with E-state index in [1.807, 2.05) is 49.1 Å². The van der Waals surface area contributed by atoms with Gasteiger partial charge in [-0.1, -0.05) is 79.0 Å². The topological polar surface area (TPSA) is 59.1 Å². The molecule has 0 bridgehead atoms. The lowest BCUT2D eigenvalue weighted by Crippen LogP contribution is -2.40. The number of carbonyl (C=O) groups is 2. The molecule has 1 amide bonds. The van der Waals surface area contributed by atoms with Crippen molar-refractivity contribution in [3.63, 3.8) is 0 Å². The zero-order chi connectivity index (χ0) is 21.3. The van der Waals surface area contributed by atoms with Gasteiger partial charge in [-0.25, -0.2) is 4.79 Å². The molecule has 1 aliphatic heterocycles. The van der Waals surface area contributed by atoms with Crippen LogP contribution in [0.3, 0.4) is 0 Å². The maximum Gasteiger partial charge on any atom is 0.409 e. The molecule has 9 heteroatoms. The lowest BCUT2D eigenvalue weighted by atomic mass is 10.1. The molecule has 6 nitrogen and oxygen atoms in total. The summed E-state index contributed by atoms with van der Waals surface area (Å²) in [7, 11) is 2.96. The van der Waals surface area contributed by atoms with E-state index in [4.69, 9.17) is 44.3 Å². The third-order valence-corrected chi connectivity index (χ3v) is 4.61. The van der Waals surface area contributed by atoms with E-state index in [0.29, 0.717) is 19.5 Å². The average molecular weight is 454 g/mol. The summed E-state index contributed by atoms with van der Waals surface area (Å²) >= 11 is 16.8. The number of hydrogen-bond donors (Lipinski definition) is 0. The first-order valence-corrected chi connectivity index (χ1v) is 10.2. The quantitative estimate of drug-likeness (QED) is 0.492. The summed E-state index contributed by atoms with van der Waals surface area (Å²) in [6.07, 6.45) is -0.162. The van der Waals surface area contributed by atoms with Crippen molar-refractivity contribution in [1.82, 2.24) is 9.80 Å². The van der Waals surface area contributed by atoms with Crippen LogP contribution in [-0.4, -0.2) is 65.0 Å². The van der Waals surface area contributed by atoms with Crippen LogP contribution < -0.4 is 0 Å². The number of likely N-dealkylation sites (N-methyl/N-ethyl adjacent to an activating group) is 1. The molecule has 1 saturated heterocycles. The number of carbonyl (C=O) groups excluding carboxylic acids is 2. The normalized spacial score (nSPS) is 19.4. The lowest BCUT2D eigenvalue weighted by Gasteiger charge is -2.25. The molecule has 28 heavy (non-hydrogen) atoms. The molecule has 0 N–H and O–H groups in total. The second-order valence-corrected chi connectivity index (χ2v) is 8.64. The van der Waals surface area contributed by atoms with Crippen molar-refractivity contribution >= 4 is 46.9 Å². The lowest BCUT2D eigenvalue weighted by molar-refractivity contribution is -0.146. The highest BCUT2D eigenvalue weighted by Crippen LogP contribution is 2.28. The van der Waals surface area contributed by atoms with Crippen LogP contribution in [0.2, 0.25) is 0 Å². The number of methoxy groups -OCH3 is 1. The predicted octanol–water partition coefficient (Wildman–Crippen LogP) is 4.27. The maximum atomic E-state index is 12.2. The Morgan fingerprint density at radius 2 is 1.82 bits per heavy atom. The van der Waals surface area contributed by atoms with Gasteiger partial charge in [0.2, 0.25) is 3.79 Å². The van der Waals surface area contributed by atoms with Crippen molar-refractivity contribution in [2.24, 2.45) is 0 Å². The van der Waals surface area contributed by atoms with Gasteiger partial charge in [-0.2, -0.15) is 0 Å². The first kappa shape index (κ1) is 24.8. The fourth-order valence-electron chi connectivity index (χ4n) is 2.93. The maximum absolute atomic E-state index is 12.2. The van der Waals surface area contributed by atoms with E-state index in [0.717, 1.165) is 5.56 Å². The second kappa shape index (κ2) is 11.7. The molecule has 1 fully saturated rings. The van der Waals surface area contributed by atoms with Gasteiger partial charge in [0.1, 0.15) is 12.6 Å². The fourth-order valence-corrected chi connectivity index (χ4v) is 3.09. The van der Waals surface area contributed by atoms with Crippen molar-refractivity contribution < 1.29 is 19.1 Å². The zero-order valence-corrected chi connectivity index (χ0v) is 18.8. The summed E-state index contributed by atoms with van der Waals surface area (Å²) in [5.74, 6) is -0.327. The smallest absolute Gasteiger partial charge is 0.409 e. The summed E-state index contributed by atoms with van der Waals surface area (Å²) in [6.45, 7) is 4.74. The van der Waals surface area contributed by atoms with Crippen LogP contribution in [0.1, 0.15) is 25.8 Å². The number of benzene rings is 1. The van der Waals surface area contributed by atoms with Gasteiger partial charge in [0.05, 0.1) is 7.11 Å². The highest BCUT2D eigenvalue weighted by Gasteiger charge is 2.40. The monoisotopic (exact) mass is 452 g/mol. The number of nitrogens with zero attached hydrogens (tertiary/aromatic N) is 2. The molecule has 0 saturated carbocycles. The number of rotatable bonds is 5. The molecule has 2 atom stereocenters. The Labute approximate surface area is 181 Å². The zero-order valence-electron chi connectivity index (χ0n) is 16.5. The standard InChI is InChI=1S/C17H21Cl3N2O4.C2H6/c1-21(16(24)26-11-17(18,19)20)13-8-14(15(23)25-2)22(10-13)9-12-6-4-3-5-7-12;1-2/h3-7,13-14H,8-11H2,1-2H3;1-2H3/t13-,14-;/m0./s1. The van der Waals surface area contributed by atoms with Crippen LogP contribution in [0.25, 0.3) is 0 Å². The summed E-state index contributed by atoms with van der Waals surface area (Å²) in [6, 6.07) is 9.13. The Bertz CT molecular complexity index is 625. The molecule has 1 aromatic carbocycles. The molecule has 0 radical (unpaired) electrons. The number of ether oxygens (including phenoxy) is 2. The number of likely N-dealkylation sites (tertiary alicyclic amines) is 1. The van der Waals surface area contributed by atoms with E-state index >= 15 is 0 Å². The minimum Gasteiger partial charge on any atom is -0.468 e. The Balaban J connectivity index is 0.00000190. The summed E-state index contributed by atoms with van der Waals surface area (Å²) in [5, 5.41) is 0. The number of amides is 1. The first-order valence-electron chi connectivity index (χ1n) is 9.03. The largest absolute Gasteiger partial charge is 0.468 e. The Morgan fingerprint density at radius 3 is 2.36 bits per heavy atom. The summed E-state index contributed by atoms with van der Waals surface area (Å²) in [5.41, 5.74) is 1.07. The molecule has 0 aromatic heterocycles. The van der Waals surface area contributed by atoms with Crippen molar-refractivity contribution in [2.45, 2.75) is 42.7 Å². The minimum atomic E-state index is -1.67. The van der Waals surface area contributed by atoms with E-state index in [1.165, 1.54) is 12.0 Å². The fraction of sp³-hybridized carbons (Fsp3) is 0.579. The molecule has 0 unspecified atom stereocenters. The predicted molar refractivity (Wildman–Crippen MR) is 112 cm³/mol. The average Bonchev–Trinajstić information content (AvgIpc) is 3.10. The van der Waals surface area contributed by atoms with Crippen LogP contribution in [0.5, 0.6) is 0 Å². The highest BCUT2D eigenvalue weighted by molar-refractivity contribution is 6.67. The van der Waals surface area contributed by atoms with Crippen LogP contribution in [0.4, 0.5) is 4.79 Å². The van der Waals surface area contributed by atoms with Gasteiger partial charge in [-0.05, 0) is 12.0 Å². The molecular weight excluding hydrogens is 427 g/mol. The highest BCUT2D eigenvalue weighted by atomic mass is 35.6. The van der Waals surface area contributed by atoms with Crippen molar-refractivity contribution in [2.75, 3.05) is 27.3 Å². The van der Waals surface area contributed by atoms with Gasteiger partial charge in [-0.15, -0.1) is 0 Å². The van der Waals surface area contributed by atoms with Crippen LogP contribution in [0.15, 0.2) is 30.3 Å². The van der Waals surface area contributed by atoms with Crippen molar-refractivity contribution in [3.05, 3.63) is 35.9 Å². The second-order valence-electron chi connectivity index (χ2n) is 6.12. The number of halogens is 3. The van der Waals surface area contributed by atoms with Crippen molar-refractivity contribution in [3.8, 4) is 0 Å². The Hall–Kier alpha value is -1.21. The number of hydrogen-bond acceptors (Lipinski definition) is 5. The van der Waals surface area contributed by atoms with E-state index in [1.54, 1.807) is 7.05 Å². The van der Waals surface area contributed by atoms with E-state index < -0.39 is 15.9 Å². The Morgan fingerprint density at radius 1 is 1.21 bits per heavy atom. The van der Waals surface area contributed by atoms with E-state index in [9.17, 15) is 9.59 Å². The van der Waals surface area contributed by atoms with Gasteiger partial charge >= 0.3 is 12.1 Å². The Kier molecular flexibility index (Phi) is 10.4. The molecule has 158 valence electrons. The van der Waals surface area contributed by atoms with Gasteiger partial charge in [0.15, 0.2) is 0 Å². The summed E-state index contributed by atoms with van der Waals surface area (Å²) < 4.78 is 8.26.